The molecule has 0 radical (unpaired) electrons. The molecular formula is C13H15FN2OS. The molecule has 5 heteroatoms. The average molecular weight is 266 g/mol. The van der Waals surface area contributed by atoms with Crippen LogP contribution in [-0.2, 0) is 4.79 Å². The van der Waals surface area contributed by atoms with E-state index in [1.165, 1.54) is 18.6 Å². The Morgan fingerprint density at radius 1 is 1.50 bits per heavy atom. The molecule has 1 saturated carbocycles. The van der Waals surface area contributed by atoms with E-state index in [4.69, 9.17) is 18.0 Å². The number of nitrogens with one attached hydrogen (secondary N) is 1. The molecule has 0 atom stereocenters. The zero-order valence-corrected chi connectivity index (χ0v) is 10.7. The number of carbonyl (C=O) groups is 1. The van der Waals surface area contributed by atoms with Gasteiger partial charge in [0.2, 0.25) is 5.91 Å². The first-order valence-electron chi connectivity index (χ1n) is 5.96. The van der Waals surface area contributed by atoms with Gasteiger partial charge in [0.05, 0.1) is 11.3 Å². The highest BCUT2D eigenvalue weighted by Gasteiger charge is 2.21. The van der Waals surface area contributed by atoms with Crippen molar-refractivity contribution in [1.82, 2.24) is 0 Å². The van der Waals surface area contributed by atoms with Gasteiger partial charge in [-0.05, 0) is 30.9 Å². The van der Waals surface area contributed by atoms with Crippen LogP contribution in [0.25, 0.3) is 0 Å². The van der Waals surface area contributed by atoms with E-state index in [9.17, 15) is 9.18 Å². The Morgan fingerprint density at radius 2 is 2.22 bits per heavy atom. The van der Waals surface area contributed by atoms with Gasteiger partial charge in [-0.15, -0.1) is 0 Å². The summed E-state index contributed by atoms with van der Waals surface area (Å²) in [6.07, 6.45) is 3.86. The molecule has 0 heterocycles. The van der Waals surface area contributed by atoms with Crippen molar-refractivity contribution in [2.45, 2.75) is 25.7 Å². The van der Waals surface area contributed by atoms with Gasteiger partial charge in [-0.3, -0.25) is 4.79 Å². The number of anilines is 1. The molecule has 2 rings (SSSR count). The first-order chi connectivity index (χ1) is 8.58. The molecule has 3 N–H and O–H groups in total. The molecule has 0 unspecified atom stereocenters. The Kier molecular flexibility index (Phi) is 3.91. The molecule has 1 aromatic rings. The SMILES string of the molecule is NC(=S)c1c(F)cccc1NC(=O)CC1CCC1. The van der Waals surface area contributed by atoms with E-state index in [0.717, 1.165) is 12.8 Å². The van der Waals surface area contributed by atoms with Crippen molar-refractivity contribution in [2.75, 3.05) is 5.32 Å². The van der Waals surface area contributed by atoms with Gasteiger partial charge in [-0.2, -0.15) is 0 Å². The Morgan fingerprint density at radius 3 is 2.78 bits per heavy atom. The van der Waals surface area contributed by atoms with E-state index < -0.39 is 5.82 Å². The number of hydrogen-bond acceptors (Lipinski definition) is 2. The van der Waals surface area contributed by atoms with E-state index in [-0.39, 0.29) is 16.5 Å². The molecule has 1 amide bonds. The number of thiocarbonyl (C=S) groups is 1. The molecule has 0 spiro atoms. The van der Waals surface area contributed by atoms with Crippen LogP contribution in [0.4, 0.5) is 10.1 Å². The zero-order valence-electron chi connectivity index (χ0n) is 9.91. The van der Waals surface area contributed by atoms with Crippen LogP contribution in [0.3, 0.4) is 0 Å². The Hall–Kier alpha value is -1.49. The van der Waals surface area contributed by atoms with Gasteiger partial charge in [0, 0.05) is 6.42 Å². The third-order valence-corrected chi connectivity index (χ3v) is 3.44. The average Bonchev–Trinajstić information content (AvgIpc) is 2.23. The number of benzene rings is 1. The molecule has 18 heavy (non-hydrogen) atoms. The molecule has 0 aliphatic heterocycles. The third kappa shape index (κ3) is 2.85. The zero-order chi connectivity index (χ0) is 13.1. The highest BCUT2D eigenvalue weighted by Crippen LogP contribution is 2.30. The van der Waals surface area contributed by atoms with E-state index in [1.807, 2.05) is 0 Å². The van der Waals surface area contributed by atoms with Crippen LogP contribution in [0.5, 0.6) is 0 Å². The van der Waals surface area contributed by atoms with Gasteiger partial charge in [-0.25, -0.2) is 4.39 Å². The Labute approximate surface area is 111 Å². The van der Waals surface area contributed by atoms with Crippen LogP contribution in [0.1, 0.15) is 31.2 Å². The molecule has 0 saturated heterocycles. The fourth-order valence-corrected chi connectivity index (χ4v) is 2.25. The molecule has 1 aromatic carbocycles. The lowest BCUT2D eigenvalue weighted by atomic mass is 9.83. The maximum atomic E-state index is 13.6. The van der Waals surface area contributed by atoms with E-state index in [1.54, 1.807) is 6.07 Å². The minimum Gasteiger partial charge on any atom is -0.389 e. The normalized spacial score (nSPS) is 14.9. The van der Waals surface area contributed by atoms with Crippen molar-refractivity contribution < 1.29 is 9.18 Å². The van der Waals surface area contributed by atoms with Crippen molar-refractivity contribution in [3.63, 3.8) is 0 Å². The van der Waals surface area contributed by atoms with Gasteiger partial charge in [-0.1, -0.05) is 24.7 Å². The fraction of sp³-hybridized carbons (Fsp3) is 0.385. The summed E-state index contributed by atoms with van der Waals surface area (Å²) in [6, 6.07) is 4.41. The van der Waals surface area contributed by atoms with E-state index in [0.29, 0.717) is 18.0 Å². The van der Waals surface area contributed by atoms with Crippen LogP contribution in [0.2, 0.25) is 0 Å². The highest BCUT2D eigenvalue weighted by atomic mass is 32.1. The lowest BCUT2D eigenvalue weighted by Gasteiger charge is -2.24. The topological polar surface area (TPSA) is 55.1 Å². The minimum absolute atomic E-state index is 0.0490. The number of nitrogens with two attached hydrogens (primary N) is 1. The van der Waals surface area contributed by atoms with Crippen molar-refractivity contribution in [1.29, 1.82) is 0 Å². The maximum Gasteiger partial charge on any atom is 0.224 e. The van der Waals surface area contributed by atoms with Crippen molar-refractivity contribution in [3.8, 4) is 0 Å². The smallest absolute Gasteiger partial charge is 0.224 e. The third-order valence-electron chi connectivity index (χ3n) is 3.23. The molecule has 3 nitrogen and oxygen atoms in total. The number of carbonyl (C=O) groups excluding carboxylic acids is 1. The molecule has 0 aromatic heterocycles. The monoisotopic (exact) mass is 266 g/mol. The lowest BCUT2D eigenvalue weighted by molar-refractivity contribution is -0.117. The van der Waals surface area contributed by atoms with Crippen LogP contribution < -0.4 is 11.1 Å². The standard InChI is InChI=1S/C13H15FN2OS/c14-9-5-2-6-10(12(9)13(15)18)16-11(17)7-8-3-1-4-8/h2,5-6,8H,1,3-4,7H2,(H2,15,18)(H,16,17). The summed E-state index contributed by atoms with van der Waals surface area (Å²) in [5.74, 6) is -0.154. The Bertz CT molecular complexity index is 486. The predicted molar refractivity (Wildman–Crippen MR) is 72.9 cm³/mol. The van der Waals surface area contributed by atoms with Crippen molar-refractivity contribution in [3.05, 3.63) is 29.6 Å². The number of amides is 1. The summed E-state index contributed by atoms with van der Waals surface area (Å²) < 4.78 is 13.6. The van der Waals surface area contributed by atoms with E-state index >= 15 is 0 Å². The van der Waals surface area contributed by atoms with Gasteiger partial charge < -0.3 is 11.1 Å². The second kappa shape index (κ2) is 5.44. The maximum absolute atomic E-state index is 13.6. The van der Waals surface area contributed by atoms with Gasteiger partial charge in [0.15, 0.2) is 0 Å². The number of rotatable bonds is 4. The van der Waals surface area contributed by atoms with Crippen molar-refractivity contribution >= 4 is 28.8 Å². The quantitative estimate of drug-likeness (QED) is 0.824. The van der Waals surface area contributed by atoms with Gasteiger partial charge in [0.25, 0.3) is 0 Å². The minimum atomic E-state index is -0.510. The summed E-state index contributed by atoms with van der Waals surface area (Å²) in [4.78, 5) is 11.7. The summed E-state index contributed by atoms with van der Waals surface area (Å²) in [6.45, 7) is 0. The van der Waals surface area contributed by atoms with Crippen LogP contribution in [0, 0.1) is 11.7 Å². The second-order valence-corrected chi connectivity index (χ2v) is 5.02. The van der Waals surface area contributed by atoms with Crippen LogP contribution in [0.15, 0.2) is 18.2 Å². The van der Waals surface area contributed by atoms with E-state index in [2.05, 4.69) is 5.32 Å². The first kappa shape index (κ1) is 13.0. The van der Waals surface area contributed by atoms with Gasteiger partial charge in [0.1, 0.15) is 10.8 Å². The summed E-state index contributed by atoms with van der Waals surface area (Å²) in [5.41, 5.74) is 5.93. The molecule has 0 bridgehead atoms. The summed E-state index contributed by atoms with van der Waals surface area (Å²) in [7, 11) is 0. The summed E-state index contributed by atoms with van der Waals surface area (Å²) in [5, 5.41) is 2.69. The fourth-order valence-electron chi connectivity index (χ4n) is 2.04. The molecule has 1 aliphatic rings. The number of halogens is 1. The first-order valence-corrected chi connectivity index (χ1v) is 6.37. The van der Waals surface area contributed by atoms with Crippen molar-refractivity contribution in [2.24, 2.45) is 11.7 Å². The second-order valence-electron chi connectivity index (χ2n) is 4.58. The highest BCUT2D eigenvalue weighted by molar-refractivity contribution is 7.80. The molecule has 96 valence electrons. The molecular weight excluding hydrogens is 251 g/mol. The van der Waals surface area contributed by atoms with Crippen LogP contribution in [-0.4, -0.2) is 10.9 Å². The summed E-state index contributed by atoms with van der Waals surface area (Å²) >= 11 is 4.80. The van der Waals surface area contributed by atoms with Crippen LogP contribution >= 0.6 is 12.2 Å². The lowest BCUT2D eigenvalue weighted by Crippen LogP contribution is -2.23. The Balaban J connectivity index is 2.10. The van der Waals surface area contributed by atoms with Gasteiger partial charge >= 0.3 is 0 Å². The number of hydrogen-bond donors (Lipinski definition) is 2. The largest absolute Gasteiger partial charge is 0.389 e. The molecule has 1 aliphatic carbocycles. The predicted octanol–water partition coefficient (Wildman–Crippen LogP) is 2.59. The molecule has 1 fully saturated rings.